The SMILES string of the molecule is Cc1cc(-n2cc(CN(CCO)CCc3ccc4c(c3C)COC4=O)cn2)ccc1C#N. The lowest BCUT2D eigenvalue weighted by Gasteiger charge is -2.21. The van der Waals surface area contributed by atoms with Gasteiger partial charge in [0, 0.05) is 37.0 Å². The van der Waals surface area contributed by atoms with Crippen LogP contribution in [0.5, 0.6) is 0 Å². The first kappa shape index (κ1) is 21.8. The summed E-state index contributed by atoms with van der Waals surface area (Å²) in [6, 6.07) is 11.7. The molecule has 0 bridgehead atoms. The van der Waals surface area contributed by atoms with Crippen LogP contribution in [0.3, 0.4) is 0 Å². The van der Waals surface area contributed by atoms with Gasteiger partial charge in [-0.3, -0.25) is 4.90 Å². The number of fused-ring (bicyclic) bond motifs is 1. The maximum Gasteiger partial charge on any atom is 0.338 e. The second-order valence-corrected chi connectivity index (χ2v) is 8.11. The van der Waals surface area contributed by atoms with E-state index in [1.807, 2.05) is 61.3 Å². The Labute approximate surface area is 187 Å². The zero-order chi connectivity index (χ0) is 22.7. The summed E-state index contributed by atoms with van der Waals surface area (Å²) in [5.74, 6) is -0.244. The molecule has 0 atom stereocenters. The molecule has 1 N–H and O–H groups in total. The number of cyclic esters (lactones) is 1. The fourth-order valence-corrected chi connectivity index (χ4v) is 4.12. The van der Waals surface area contributed by atoms with Crippen LogP contribution in [0.4, 0.5) is 0 Å². The summed E-state index contributed by atoms with van der Waals surface area (Å²) in [6.45, 7) is 6.38. The van der Waals surface area contributed by atoms with Gasteiger partial charge in [-0.15, -0.1) is 0 Å². The number of aromatic nitrogens is 2. The first-order valence-electron chi connectivity index (χ1n) is 10.7. The van der Waals surface area contributed by atoms with Gasteiger partial charge in [-0.1, -0.05) is 6.07 Å². The lowest BCUT2D eigenvalue weighted by Crippen LogP contribution is -2.28. The van der Waals surface area contributed by atoms with E-state index in [4.69, 9.17) is 10.00 Å². The summed E-state index contributed by atoms with van der Waals surface area (Å²) < 4.78 is 6.96. The van der Waals surface area contributed by atoms with E-state index in [1.165, 1.54) is 5.56 Å². The second kappa shape index (κ2) is 9.35. The first-order valence-corrected chi connectivity index (χ1v) is 10.7. The van der Waals surface area contributed by atoms with Crippen molar-refractivity contribution < 1.29 is 14.6 Å². The van der Waals surface area contributed by atoms with Crippen molar-refractivity contribution in [3.05, 3.63) is 81.7 Å². The van der Waals surface area contributed by atoms with Crippen molar-refractivity contribution in [1.82, 2.24) is 14.7 Å². The number of aliphatic hydroxyl groups excluding tert-OH is 1. The number of aliphatic hydroxyl groups is 1. The van der Waals surface area contributed by atoms with Gasteiger partial charge in [-0.2, -0.15) is 10.4 Å². The molecule has 7 heteroatoms. The smallest absolute Gasteiger partial charge is 0.338 e. The van der Waals surface area contributed by atoms with E-state index in [0.717, 1.165) is 40.9 Å². The van der Waals surface area contributed by atoms with Crippen LogP contribution in [0, 0.1) is 25.2 Å². The number of carbonyl (C=O) groups excluding carboxylic acids is 1. The number of nitrogens with zero attached hydrogens (tertiary/aromatic N) is 4. The van der Waals surface area contributed by atoms with Crippen LogP contribution in [0.2, 0.25) is 0 Å². The molecule has 0 amide bonds. The van der Waals surface area contributed by atoms with Gasteiger partial charge in [0.05, 0.1) is 35.7 Å². The second-order valence-electron chi connectivity index (χ2n) is 8.11. The zero-order valence-electron chi connectivity index (χ0n) is 18.3. The maximum absolute atomic E-state index is 11.8. The third-order valence-corrected chi connectivity index (χ3v) is 6.03. The number of nitriles is 1. The molecular weight excluding hydrogens is 404 g/mol. The van der Waals surface area contributed by atoms with Gasteiger partial charge in [0.15, 0.2) is 0 Å². The summed E-state index contributed by atoms with van der Waals surface area (Å²) in [6.07, 6.45) is 4.63. The van der Waals surface area contributed by atoms with Crippen molar-refractivity contribution >= 4 is 5.97 Å². The van der Waals surface area contributed by atoms with Crippen molar-refractivity contribution in [2.75, 3.05) is 19.7 Å². The predicted octanol–water partition coefficient (Wildman–Crippen LogP) is 3.07. The number of esters is 1. The van der Waals surface area contributed by atoms with Crippen LogP contribution in [0.15, 0.2) is 42.7 Å². The molecule has 0 unspecified atom stereocenters. The largest absolute Gasteiger partial charge is 0.457 e. The molecule has 1 aliphatic rings. The molecule has 0 saturated carbocycles. The topological polar surface area (TPSA) is 91.4 Å². The molecule has 2 aromatic carbocycles. The highest BCUT2D eigenvalue weighted by molar-refractivity contribution is 5.93. The van der Waals surface area contributed by atoms with E-state index in [0.29, 0.717) is 30.8 Å². The number of hydrogen-bond donors (Lipinski definition) is 1. The third kappa shape index (κ3) is 4.42. The van der Waals surface area contributed by atoms with Crippen molar-refractivity contribution in [3.8, 4) is 11.8 Å². The molecule has 0 saturated heterocycles. The number of hydrogen-bond acceptors (Lipinski definition) is 6. The van der Waals surface area contributed by atoms with E-state index >= 15 is 0 Å². The molecule has 1 aliphatic heterocycles. The number of benzene rings is 2. The van der Waals surface area contributed by atoms with Gasteiger partial charge in [0.1, 0.15) is 6.61 Å². The highest BCUT2D eigenvalue weighted by Crippen LogP contribution is 2.26. The Morgan fingerprint density at radius 2 is 2.09 bits per heavy atom. The zero-order valence-corrected chi connectivity index (χ0v) is 18.3. The molecule has 7 nitrogen and oxygen atoms in total. The molecule has 2 heterocycles. The molecule has 3 aromatic rings. The van der Waals surface area contributed by atoms with Crippen LogP contribution in [-0.4, -0.2) is 45.5 Å². The van der Waals surface area contributed by atoms with Crippen molar-refractivity contribution in [2.45, 2.75) is 33.4 Å². The maximum atomic E-state index is 11.8. The summed E-state index contributed by atoms with van der Waals surface area (Å²) >= 11 is 0. The van der Waals surface area contributed by atoms with Crippen LogP contribution in [-0.2, 0) is 24.3 Å². The Bertz CT molecular complexity index is 1190. The van der Waals surface area contributed by atoms with Crippen LogP contribution >= 0.6 is 0 Å². The van der Waals surface area contributed by atoms with E-state index in [2.05, 4.69) is 16.1 Å². The highest BCUT2D eigenvalue weighted by atomic mass is 16.5. The highest BCUT2D eigenvalue weighted by Gasteiger charge is 2.23. The fraction of sp³-hybridized carbons (Fsp3) is 0.320. The summed E-state index contributed by atoms with van der Waals surface area (Å²) in [5.41, 5.74) is 7.49. The monoisotopic (exact) mass is 430 g/mol. The van der Waals surface area contributed by atoms with Crippen LogP contribution < -0.4 is 0 Å². The van der Waals surface area contributed by atoms with Gasteiger partial charge in [0.2, 0.25) is 0 Å². The Hall–Kier alpha value is -3.47. The number of aryl methyl sites for hydroxylation is 1. The molecule has 1 aromatic heterocycles. The van der Waals surface area contributed by atoms with Crippen molar-refractivity contribution in [1.29, 1.82) is 5.26 Å². The quantitative estimate of drug-likeness (QED) is 0.552. The predicted molar refractivity (Wildman–Crippen MR) is 119 cm³/mol. The van der Waals surface area contributed by atoms with E-state index in [-0.39, 0.29) is 12.6 Å². The minimum atomic E-state index is -0.244. The molecule has 0 spiro atoms. The van der Waals surface area contributed by atoms with E-state index in [9.17, 15) is 9.90 Å². The molecule has 0 radical (unpaired) electrons. The molecule has 4 rings (SSSR count). The number of rotatable bonds is 8. The van der Waals surface area contributed by atoms with Crippen LogP contribution in [0.1, 0.15) is 43.7 Å². The minimum absolute atomic E-state index is 0.0778. The lowest BCUT2D eigenvalue weighted by molar-refractivity contribution is 0.0535. The Morgan fingerprint density at radius 3 is 2.84 bits per heavy atom. The average molecular weight is 431 g/mol. The average Bonchev–Trinajstić information content (AvgIpc) is 3.40. The van der Waals surface area contributed by atoms with Crippen molar-refractivity contribution in [2.24, 2.45) is 0 Å². The molecular formula is C25H26N4O3. The third-order valence-electron chi connectivity index (χ3n) is 6.03. The van der Waals surface area contributed by atoms with Crippen LogP contribution in [0.25, 0.3) is 5.69 Å². The minimum Gasteiger partial charge on any atom is -0.457 e. The Morgan fingerprint density at radius 1 is 1.25 bits per heavy atom. The lowest BCUT2D eigenvalue weighted by atomic mass is 9.96. The van der Waals surface area contributed by atoms with E-state index in [1.54, 1.807) is 0 Å². The summed E-state index contributed by atoms with van der Waals surface area (Å²) in [4.78, 5) is 14.0. The van der Waals surface area contributed by atoms with Gasteiger partial charge in [-0.25, -0.2) is 9.48 Å². The first-order chi connectivity index (χ1) is 15.5. The van der Waals surface area contributed by atoms with Crippen molar-refractivity contribution in [3.63, 3.8) is 0 Å². The molecule has 0 aliphatic carbocycles. The molecule has 0 fully saturated rings. The Kier molecular flexibility index (Phi) is 6.35. The summed E-state index contributed by atoms with van der Waals surface area (Å²) in [7, 11) is 0. The molecule has 32 heavy (non-hydrogen) atoms. The van der Waals surface area contributed by atoms with Gasteiger partial charge < -0.3 is 9.84 Å². The van der Waals surface area contributed by atoms with Gasteiger partial charge in [-0.05, 0) is 61.2 Å². The van der Waals surface area contributed by atoms with Gasteiger partial charge in [0.25, 0.3) is 0 Å². The summed E-state index contributed by atoms with van der Waals surface area (Å²) in [5, 5.41) is 23.1. The van der Waals surface area contributed by atoms with E-state index < -0.39 is 0 Å². The standard InChI is InChI=1S/C25H26N4O3/c1-17-11-22(5-3-21(17)12-26)29-15-19(13-27-29)14-28(9-10-30)8-7-20-4-6-23-24(18(20)2)16-32-25(23)31/h3-6,11,13,15,30H,7-10,14,16H2,1-2H3. The number of carbonyl (C=O) groups is 1. The normalized spacial score (nSPS) is 12.7. The van der Waals surface area contributed by atoms with Gasteiger partial charge >= 0.3 is 5.97 Å². The number of ether oxygens (including phenoxy) is 1. The Balaban J connectivity index is 1.44. The molecule has 164 valence electrons. The fourth-order valence-electron chi connectivity index (χ4n) is 4.12.